The van der Waals surface area contributed by atoms with E-state index >= 15 is 0 Å². The van der Waals surface area contributed by atoms with E-state index in [2.05, 4.69) is 113 Å². The van der Waals surface area contributed by atoms with Gasteiger partial charge in [-0.25, -0.2) is 9.97 Å². The molecular formula is C30H20N2. The molecule has 0 bridgehead atoms. The summed E-state index contributed by atoms with van der Waals surface area (Å²) in [5, 5.41) is 4.94. The smallest absolute Gasteiger partial charge is 0.116 e. The van der Waals surface area contributed by atoms with Crippen molar-refractivity contribution in [2.24, 2.45) is 0 Å². The molecule has 0 saturated carbocycles. The summed E-state index contributed by atoms with van der Waals surface area (Å²) in [5.74, 6) is 0. The fourth-order valence-corrected chi connectivity index (χ4v) is 4.46. The number of rotatable bonds is 3. The van der Waals surface area contributed by atoms with Crippen LogP contribution in [0.1, 0.15) is 0 Å². The van der Waals surface area contributed by atoms with E-state index in [0.717, 1.165) is 11.3 Å². The number of hydrogen-bond acceptors (Lipinski definition) is 2. The molecule has 0 aliphatic rings. The summed E-state index contributed by atoms with van der Waals surface area (Å²) in [6.45, 7) is 0. The van der Waals surface area contributed by atoms with Gasteiger partial charge in [0, 0.05) is 11.8 Å². The van der Waals surface area contributed by atoms with Crippen LogP contribution in [0.5, 0.6) is 0 Å². The molecule has 1 aromatic heterocycles. The summed E-state index contributed by atoms with van der Waals surface area (Å²) in [5.41, 5.74) is 6.74. The highest BCUT2D eigenvalue weighted by Crippen LogP contribution is 2.40. The highest BCUT2D eigenvalue weighted by atomic mass is 14.8. The van der Waals surface area contributed by atoms with Crippen LogP contribution in [-0.4, -0.2) is 9.97 Å². The van der Waals surface area contributed by atoms with Gasteiger partial charge in [0.1, 0.15) is 6.33 Å². The van der Waals surface area contributed by atoms with E-state index in [1.165, 1.54) is 43.8 Å². The average molecular weight is 409 g/mol. The Bertz CT molecular complexity index is 1470. The Labute approximate surface area is 186 Å². The summed E-state index contributed by atoms with van der Waals surface area (Å²) in [6.07, 6.45) is 3.43. The number of benzene rings is 5. The van der Waals surface area contributed by atoms with Crippen molar-refractivity contribution in [1.29, 1.82) is 0 Å². The summed E-state index contributed by atoms with van der Waals surface area (Å²) in [4.78, 5) is 8.78. The fourth-order valence-electron chi connectivity index (χ4n) is 4.46. The molecule has 2 nitrogen and oxygen atoms in total. The summed E-state index contributed by atoms with van der Waals surface area (Å²) >= 11 is 0. The van der Waals surface area contributed by atoms with Gasteiger partial charge in [-0.05, 0) is 62.0 Å². The molecule has 0 saturated heterocycles. The number of fused-ring (bicyclic) bond motifs is 2. The molecule has 0 spiro atoms. The van der Waals surface area contributed by atoms with Crippen LogP contribution in [0.2, 0.25) is 0 Å². The minimum atomic E-state index is 0.923. The predicted octanol–water partition coefficient (Wildman–Crippen LogP) is 7.78. The Morgan fingerprint density at radius 3 is 1.56 bits per heavy atom. The lowest BCUT2D eigenvalue weighted by Crippen LogP contribution is -1.93. The van der Waals surface area contributed by atoms with Gasteiger partial charge >= 0.3 is 0 Å². The van der Waals surface area contributed by atoms with Gasteiger partial charge in [0.25, 0.3) is 0 Å². The van der Waals surface area contributed by atoms with Crippen LogP contribution >= 0.6 is 0 Å². The molecule has 150 valence electrons. The number of nitrogens with zero attached hydrogens (tertiary/aromatic N) is 2. The van der Waals surface area contributed by atoms with E-state index in [4.69, 9.17) is 0 Å². The van der Waals surface area contributed by atoms with Gasteiger partial charge in [-0.1, -0.05) is 91.0 Å². The SMILES string of the molecule is c1cc(-c2ccc3ccccc3c2)c(-c2ccncn2)c(-c2ccc3ccccc3c2)c1. The first-order valence-electron chi connectivity index (χ1n) is 10.7. The lowest BCUT2D eigenvalue weighted by molar-refractivity contribution is 1.17. The normalized spacial score (nSPS) is 11.1. The van der Waals surface area contributed by atoms with Crippen molar-refractivity contribution < 1.29 is 0 Å². The van der Waals surface area contributed by atoms with Crippen molar-refractivity contribution >= 4 is 21.5 Å². The minimum absolute atomic E-state index is 0.923. The number of hydrogen-bond donors (Lipinski definition) is 0. The second-order valence-electron chi connectivity index (χ2n) is 7.95. The van der Waals surface area contributed by atoms with Crippen LogP contribution in [0.4, 0.5) is 0 Å². The van der Waals surface area contributed by atoms with Gasteiger partial charge in [0.15, 0.2) is 0 Å². The van der Waals surface area contributed by atoms with Gasteiger partial charge in [-0.15, -0.1) is 0 Å². The van der Waals surface area contributed by atoms with Gasteiger partial charge in [0.2, 0.25) is 0 Å². The van der Waals surface area contributed by atoms with E-state index < -0.39 is 0 Å². The molecular weight excluding hydrogens is 388 g/mol. The molecule has 0 aliphatic heterocycles. The van der Waals surface area contributed by atoms with Crippen molar-refractivity contribution in [3.63, 3.8) is 0 Å². The molecule has 0 unspecified atom stereocenters. The fraction of sp³-hybridized carbons (Fsp3) is 0. The van der Waals surface area contributed by atoms with E-state index in [1.54, 1.807) is 6.33 Å². The highest BCUT2D eigenvalue weighted by Gasteiger charge is 2.15. The summed E-state index contributed by atoms with van der Waals surface area (Å²) in [7, 11) is 0. The van der Waals surface area contributed by atoms with Crippen molar-refractivity contribution in [3.8, 4) is 33.5 Å². The molecule has 0 amide bonds. The zero-order valence-electron chi connectivity index (χ0n) is 17.4. The van der Waals surface area contributed by atoms with Crippen LogP contribution in [0.3, 0.4) is 0 Å². The first kappa shape index (κ1) is 18.5. The maximum Gasteiger partial charge on any atom is 0.116 e. The molecule has 0 radical (unpaired) electrons. The average Bonchev–Trinajstić information content (AvgIpc) is 2.88. The maximum absolute atomic E-state index is 4.63. The van der Waals surface area contributed by atoms with Gasteiger partial charge in [0.05, 0.1) is 5.69 Å². The van der Waals surface area contributed by atoms with Crippen molar-refractivity contribution in [1.82, 2.24) is 9.97 Å². The largest absolute Gasteiger partial charge is 0.245 e. The molecule has 2 heteroatoms. The second kappa shape index (κ2) is 7.75. The molecule has 0 aliphatic carbocycles. The van der Waals surface area contributed by atoms with Gasteiger partial charge < -0.3 is 0 Å². The Balaban J connectivity index is 1.63. The number of aromatic nitrogens is 2. The van der Waals surface area contributed by atoms with E-state index in [-0.39, 0.29) is 0 Å². The van der Waals surface area contributed by atoms with E-state index in [9.17, 15) is 0 Å². The topological polar surface area (TPSA) is 25.8 Å². The molecule has 32 heavy (non-hydrogen) atoms. The standard InChI is InChI=1S/C30H20N2/c1-3-8-23-18-25(14-12-21(23)6-1)27-10-5-11-28(30(27)29-16-17-31-20-32-29)26-15-13-22-7-2-4-9-24(22)19-26/h1-20H. The quantitative estimate of drug-likeness (QED) is 0.299. The first-order valence-corrected chi connectivity index (χ1v) is 10.7. The Hall–Kier alpha value is -4.30. The second-order valence-corrected chi connectivity index (χ2v) is 7.95. The van der Waals surface area contributed by atoms with E-state index in [1.807, 2.05) is 12.3 Å². The predicted molar refractivity (Wildman–Crippen MR) is 133 cm³/mol. The third-order valence-electron chi connectivity index (χ3n) is 6.02. The van der Waals surface area contributed by atoms with Gasteiger partial charge in [-0.3, -0.25) is 0 Å². The third-order valence-corrected chi connectivity index (χ3v) is 6.02. The first-order chi connectivity index (χ1) is 15.9. The van der Waals surface area contributed by atoms with Crippen LogP contribution in [0.25, 0.3) is 55.1 Å². The molecule has 6 aromatic rings. The lowest BCUT2D eigenvalue weighted by Gasteiger charge is -2.16. The molecule has 0 N–H and O–H groups in total. The van der Waals surface area contributed by atoms with Crippen LogP contribution < -0.4 is 0 Å². The zero-order chi connectivity index (χ0) is 21.3. The van der Waals surface area contributed by atoms with Crippen molar-refractivity contribution in [2.45, 2.75) is 0 Å². The minimum Gasteiger partial charge on any atom is -0.245 e. The van der Waals surface area contributed by atoms with E-state index in [0.29, 0.717) is 0 Å². The van der Waals surface area contributed by atoms with Gasteiger partial charge in [-0.2, -0.15) is 0 Å². The molecule has 0 atom stereocenters. The molecule has 5 aromatic carbocycles. The maximum atomic E-state index is 4.63. The van der Waals surface area contributed by atoms with Crippen molar-refractivity contribution in [2.75, 3.05) is 0 Å². The van der Waals surface area contributed by atoms with Crippen molar-refractivity contribution in [3.05, 3.63) is 122 Å². The van der Waals surface area contributed by atoms with Crippen LogP contribution in [-0.2, 0) is 0 Å². The Kier molecular flexibility index (Phi) is 4.47. The lowest BCUT2D eigenvalue weighted by atomic mass is 9.88. The molecule has 6 rings (SSSR count). The molecule has 1 heterocycles. The van der Waals surface area contributed by atoms with Crippen LogP contribution in [0, 0.1) is 0 Å². The van der Waals surface area contributed by atoms with Crippen LogP contribution in [0.15, 0.2) is 122 Å². The third kappa shape index (κ3) is 3.23. The summed E-state index contributed by atoms with van der Waals surface area (Å²) in [6, 6.07) is 38.8. The monoisotopic (exact) mass is 408 g/mol. The Morgan fingerprint density at radius 2 is 1.03 bits per heavy atom. The zero-order valence-corrected chi connectivity index (χ0v) is 17.4. The summed E-state index contributed by atoms with van der Waals surface area (Å²) < 4.78 is 0. The Morgan fingerprint density at radius 1 is 0.469 bits per heavy atom. The highest BCUT2D eigenvalue weighted by molar-refractivity contribution is 5.98. The molecule has 0 fully saturated rings.